The van der Waals surface area contributed by atoms with Crippen molar-refractivity contribution in [2.45, 2.75) is 50.0 Å². The van der Waals surface area contributed by atoms with E-state index >= 15 is 0 Å². The maximum absolute atomic E-state index is 9.68. The fraction of sp³-hybridized carbons (Fsp3) is 0.625. The van der Waals surface area contributed by atoms with Crippen molar-refractivity contribution in [1.29, 1.82) is 0 Å². The van der Waals surface area contributed by atoms with E-state index in [9.17, 15) is 5.11 Å². The van der Waals surface area contributed by atoms with Crippen LogP contribution >= 0.6 is 27.7 Å². The number of rotatable bonds is 10. The molecule has 114 valence electrons. The molecule has 0 heterocycles. The van der Waals surface area contributed by atoms with Crippen LogP contribution in [0.5, 0.6) is 0 Å². The zero-order valence-corrected chi connectivity index (χ0v) is 14.9. The standard InChI is InChI=1S/C16H26BrNOS/c1-3-10-18-16(4-2,13-19)9-6-11-20-15-8-5-7-14(17)12-15/h5,7-8,12,18-19H,3-4,6,9-11,13H2,1-2H3. The summed E-state index contributed by atoms with van der Waals surface area (Å²) in [4.78, 5) is 1.30. The van der Waals surface area contributed by atoms with E-state index in [4.69, 9.17) is 0 Å². The fourth-order valence-corrected chi connectivity index (χ4v) is 3.64. The number of aliphatic hydroxyl groups is 1. The van der Waals surface area contributed by atoms with E-state index in [0.29, 0.717) is 0 Å². The molecule has 0 amide bonds. The van der Waals surface area contributed by atoms with Crippen molar-refractivity contribution >= 4 is 27.7 Å². The van der Waals surface area contributed by atoms with Gasteiger partial charge in [0.15, 0.2) is 0 Å². The summed E-state index contributed by atoms with van der Waals surface area (Å²) in [5, 5.41) is 13.2. The third kappa shape index (κ3) is 6.17. The predicted octanol–water partition coefficient (Wildman–Crippen LogP) is 4.46. The van der Waals surface area contributed by atoms with Crippen molar-refractivity contribution in [2.24, 2.45) is 0 Å². The van der Waals surface area contributed by atoms with Crippen LogP contribution in [0.15, 0.2) is 33.6 Å². The van der Waals surface area contributed by atoms with Gasteiger partial charge in [0.25, 0.3) is 0 Å². The minimum atomic E-state index is -0.0894. The molecule has 0 aliphatic carbocycles. The molecular formula is C16H26BrNOS. The summed E-state index contributed by atoms with van der Waals surface area (Å²) < 4.78 is 1.13. The van der Waals surface area contributed by atoms with E-state index in [1.807, 2.05) is 17.8 Å². The average molecular weight is 360 g/mol. The van der Waals surface area contributed by atoms with Crippen LogP contribution in [0.3, 0.4) is 0 Å². The summed E-state index contributed by atoms with van der Waals surface area (Å²) in [6.45, 7) is 5.52. The van der Waals surface area contributed by atoms with Gasteiger partial charge in [0.1, 0.15) is 0 Å². The first kappa shape index (κ1) is 18.0. The minimum Gasteiger partial charge on any atom is -0.394 e. The molecule has 4 heteroatoms. The molecule has 2 nitrogen and oxygen atoms in total. The second-order valence-electron chi connectivity index (χ2n) is 5.13. The van der Waals surface area contributed by atoms with Gasteiger partial charge in [0.05, 0.1) is 6.61 Å². The molecule has 0 spiro atoms. The van der Waals surface area contributed by atoms with Crippen molar-refractivity contribution in [3.05, 3.63) is 28.7 Å². The maximum Gasteiger partial charge on any atom is 0.0613 e. The predicted molar refractivity (Wildman–Crippen MR) is 92.5 cm³/mol. The highest BCUT2D eigenvalue weighted by Gasteiger charge is 2.25. The highest BCUT2D eigenvalue weighted by Crippen LogP contribution is 2.25. The van der Waals surface area contributed by atoms with Gasteiger partial charge >= 0.3 is 0 Å². The molecule has 0 radical (unpaired) electrons. The first-order chi connectivity index (χ1) is 9.65. The average Bonchev–Trinajstić information content (AvgIpc) is 2.47. The van der Waals surface area contributed by atoms with Crippen molar-refractivity contribution < 1.29 is 5.11 Å². The Balaban J connectivity index is 2.37. The van der Waals surface area contributed by atoms with Crippen molar-refractivity contribution in [3.63, 3.8) is 0 Å². The van der Waals surface area contributed by atoms with E-state index in [2.05, 4.69) is 53.3 Å². The summed E-state index contributed by atoms with van der Waals surface area (Å²) in [5.41, 5.74) is -0.0894. The quantitative estimate of drug-likeness (QED) is 0.477. The Bertz CT molecular complexity index is 382. The van der Waals surface area contributed by atoms with E-state index in [0.717, 1.165) is 42.5 Å². The lowest BCUT2D eigenvalue weighted by Crippen LogP contribution is -2.48. The van der Waals surface area contributed by atoms with E-state index in [-0.39, 0.29) is 12.1 Å². The minimum absolute atomic E-state index is 0.0894. The molecule has 1 unspecified atom stereocenters. The molecule has 0 aromatic heterocycles. The SMILES string of the molecule is CCCNC(CC)(CO)CCCSc1cccc(Br)c1. The molecular weight excluding hydrogens is 334 g/mol. The van der Waals surface area contributed by atoms with Crippen LogP contribution in [0.4, 0.5) is 0 Å². The lowest BCUT2D eigenvalue weighted by atomic mass is 9.91. The van der Waals surface area contributed by atoms with Gasteiger partial charge in [-0.05, 0) is 56.2 Å². The third-order valence-electron chi connectivity index (χ3n) is 3.59. The highest BCUT2D eigenvalue weighted by atomic mass is 79.9. The largest absolute Gasteiger partial charge is 0.394 e. The first-order valence-electron chi connectivity index (χ1n) is 7.40. The number of hydrogen-bond donors (Lipinski definition) is 2. The van der Waals surface area contributed by atoms with Gasteiger partial charge < -0.3 is 10.4 Å². The van der Waals surface area contributed by atoms with Gasteiger partial charge in [-0.3, -0.25) is 0 Å². The molecule has 1 rings (SSSR count). The lowest BCUT2D eigenvalue weighted by molar-refractivity contribution is 0.146. The highest BCUT2D eigenvalue weighted by molar-refractivity contribution is 9.10. The number of hydrogen-bond acceptors (Lipinski definition) is 3. The van der Waals surface area contributed by atoms with E-state index in [1.165, 1.54) is 4.90 Å². The molecule has 0 saturated heterocycles. The molecule has 20 heavy (non-hydrogen) atoms. The van der Waals surface area contributed by atoms with Crippen LogP contribution in [-0.4, -0.2) is 29.5 Å². The van der Waals surface area contributed by atoms with Crippen LogP contribution in [-0.2, 0) is 0 Å². The van der Waals surface area contributed by atoms with Gasteiger partial charge in [-0.15, -0.1) is 11.8 Å². The molecule has 1 aromatic rings. The Labute approximate surface area is 135 Å². The van der Waals surface area contributed by atoms with Gasteiger partial charge in [-0.25, -0.2) is 0 Å². The van der Waals surface area contributed by atoms with E-state index < -0.39 is 0 Å². The van der Waals surface area contributed by atoms with Crippen LogP contribution < -0.4 is 5.32 Å². The van der Waals surface area contributed by atoms with Gasteiger partial charge in [0, 0.05) is 14.9 Å². The molecule has 0 fully saturated rings. The second-order valence-corrected chi connectivity index (χ2v) is 7.21. The molecule has 0 bridgehead atoms. The molecule has 0 aliphatic heterocycles. The summed E-state index contributed by atoms with van der Waals surface area (Å²) in [7, 11) is 0. The van der Waals surface area contributed by atoms with Crippen molar-refractivity contribution in [1.82, 2.24) is 5.32 Å². The number of benzene rings is 1. The molecule has 2 N–H and O–H groups in total. The summed E-state index contributed by atoms with van der Waals surface area (Å²) in [5.74, 6) is 1.09. The van der Waals surface area contributed by atoms with Gasteiger partial charge in [0.2, 0.25) is 0 Å². The molecule has 0 saturated carbocycles. The Kier molecular flexibility index (Phi) is 8.85. The fourth-order valence-electron chi connectivity index (χ4n) is 2.18. The van der Waals surface area contributed by atoms with Crippen molar-refractivity contribution in [3.8, 4) is 0 Å². The smallest absolute Gasteiger partial charge is 0.0613 e. The molecule has 1 aromatic carbocycles. The van der Waals surface area contributed by atoms with Crippen LogP contribution in [0.1, 0.15) is 39.5 Å². The molecule has 0 aliphatic rings. The van der Waals surface area contributed by atoms with Crippen molar-refractivity contribution in [2.75, 3.05) is 18.9 Å². The van der Waals surface area contributed by atoms with Gasteiger partial charge in [-0.2, -0.15) is 0 Å². The Hall–Kier alpha value is -0.0300. The Morgan fingerprint density at radius 2 is 2.15 bits per heavy atom. The normalized spacial score (nSPS) is 14.2. The second kappa shape index (κ2) is 9.82. The monoisotopic (exact) mass is 359 g/mol. The summed E-state index contributed by atoms with van der Waals surface area (Å²) in [6, 6.07) is 8.41. The topological polar surface area (TPSA) is 32.3 Å². The Morgan fingerprint density at radius 1 is 1.35 bits per heavy atom. The zero-order valence-electron chi connectivity index (χ0n) is 12.5. The number of halogens is 1. The van der Waals surface area contributed by atoms with Crippen LogP contribution in [0, 0.1) is 0 Å². The number of thioether (sulfide) groups is 1. The third-order valence-corrected chi connectivity index (χ3v) is 5.17. The maximum atomic E-state index is 9.68. The lowest BCUT2D eigenvalue weighted by Gasteiger charge is -2.32. The molecule has 1 atom stereocenters. The van der Waals surface area contributed by atoms with E-state index in [1.54, 1.807) is 0 Å². The number of nitrogens with one attached hydrogen (secondary N) is 1. The van der Waals surface area contributed by atoms with Crippen LogP contribution in [0.25, 0.3) is 0 Å². The Morgan fingerprint density at radius 3 is 2.75 bits per heavy atom. The summed E-state index contributed by atoms with van der Waals surface area (Å²) in [6.07, 6.45) is 4.23. The van der Waals surface area contributed by atoms with Crippen LogP contribution in [0.2, 0.25) is 0 Å². The first-order valence-corrected chi connectivity index (χ1v) is 9.18. The van der Waals surface area contributed by atoms with Gasteiger partial charge in [-0.1, -0.05) is 35.8 Å². The summed E-state index contributed by atoms with van der Waals surface area (Å²) >= 11 is 5.38. The number of aliphatic hydroxyl groups excluding tert-OH is 1. The zero-order chi connectivity index (χ0) is 14.8.